The Balaban J connectivity index is 2.18. The third-order valence-electron chi connectivity index (χ3n) is 3.36. The number of benzene rings is 2. The summed E-state index contributed by atoms with van der Waals surface area (Å²) >= 11 is 10.1. The fourth-order valence-corrected chi connectivity index (χ4v) is 5.41. The molecule has 1 aromatic heterocycles. The van der Waals surface area contributed by atoms with Crippen LogP contribution in [0, 0.1) is 6.92 Å². The summed E-state index contributed by atoms with van der Waals surface area (Å²) in [5.74, 6) is 0.160. The molecule has 0 saturated heterocycles. The Kier molecular flexibility index (Phi) is 5.01. The first-order valence-electron chi connectivity index (χ1n) is 6.73. The number of aryl methyl sites for hydroxylation is 1. The van der Waals surface area contributed by atoms with E-state index in [4.69, 9.17) is 4.18 Å². The second-order valence-corrected chi connectivity index (χ2v) is 9.16. The van der Waals surface area contributed by atoms with Crippen LogP contribution in [0.5, 0.6) is 5.75 Å². The van der Waals surface area contributed by atoms with Gasteiger partial charge in [0.05, 0.1) is 4.47 Å². The van der Waals surface area contributed by atoms with Crippen LogP contribution in [0.3, 0.4) is 0 Å². The molecule has 0 saturated carbocycles. The van der Waals surface area contributed by atoms with Crippen molar-refractivity contribution in [3.63, 3.8) is 0 Å². The smallest absolute Gasteiger partial charge is 0.339 e. The van der Waals surface area contributed by atoms with Crippen LogP contribution in [-0.2, 0) is 10.1 Å². The van der Waals surface area contributed by atoms with Crippen LogP contribution in [0.4, 0.5) is 0 Å². The highest BCUT2D eigenvalue weighted by Crippen LogP contribution is 2.39. The molecule has 0 unspecified atom stereocenters. The van der Waals surface area contributed by atoms with Crippen LogP contribution in [0.25, 0.3) is 10.9 Å². The Morgan fingerprint density at radius 2 is 1.79 bits per heavy atom. The highest BCUT2D eigenvalue weighted by Gasteiger charge is 2.23. The van der Waals surface area contributed by atoms with Gasteiger partial charge in [-0.15, -0.1) is 0 Å². The second kappa shape index (κ2) is 6.74. The minimum Gasteiger partial charge on any atom is -0.375 e. The van der Waals surface area contributed by atoms with Crippen LogP contribution in [-0.4, -0.2) is 13.4 Å². The summed E-state index contributed by atoms with van der Waals surface area (Å²) in [6.07, 6.45) is 1.59. The Morgan fingerprint density at radius 1 is 1.04 bits per heavy atom. The lowest BCUT2D eigenvalue weighted by Gasteiger charge is -2.13. The van der Waals surface area contributed by atoms with Gasteiger partial charge in [-0.05, 0) is 52.7 Å². The van der Waals surface area contributed by atoms with E-state index in [0.29, 0.717) is 20.0 Å². The Bertz CT molecular complexity index is 1050. The Hall–Kier alpha value is -0.960. The molecule has 0 N–H and O–H groups in total. The highest BCUT2D eigenvalue weighted by atomic mass is 79.9. The zero-order valence-corrected chi connectivity index (χ0v) is 17.8. The number of pyridine rings is 1. The third-order valence-corrected chi connectivity index (χ3v) is 6.47. The second-order valence-electron chi connectivity index (χ2n) is 5.02. The van der Waals surface area contributed by atoms with E-state index in [2.05, 4.69) is 52.8 Å². The average molecular weight is 536 g/mol. The molecule has 124 valence electrons. The molecule has 0 bridgehead atoms. The Labute approximate surface area is 164 Å². The highest BCUT2D eigenvalue weighted by molar-refractivity contribution is 9.11. The standard InChI is InChI=1S/C16H10Br3NO3S/c1-9-4-5-10(17)7-14(9)24(21,22)23-16-13(19)8-12(18)11-3-2-6-20-15(11)16/h2-8H,1H3. The van der Waals surface area contributed by atoms with Gasteiger partial charge in [-0.1, -0.05) is 44.0 Å². The van der Waals surface area contributed by atoms with E-state index in [-0.39, 0.29) is 10.6 Å². The molecule has 0 radical (unpaired) electrons. The van der Waals surface area contributed by atoms with Crippen LogP contribution >= 0.6 is 47.8 Å². The third kappa shape index (κ3) is 3.37. The van der Waals surface area contributed by atoms with E-state index < -0.39 is 10.1 Å². The van der Waals surface area contributed by atoms with Gasteiger partial charge in [0.25, 0.3) is 0 Å². The molecule has 0 atom stereocenters. The average Bonchev–Trinajstić information content (AvgIpc) is 2.53. The van der Waals surface area contributed by atoms with Crippen LogP contribution < -0.4 is 4.18 Å². The van der Waals surface area contributed by atoms with E-state index in [1.165, 1.54) is 6.07 Å². The molecule has 24 heavy (non-hydrogen) atoms. The van der Waals surface area contributed by atoms with Crippen molar-refractivity contribution < 1.29 is 12.6 Å². The van der Waals surface area contributed by atoms with Crippen molar-refractivity contribution in [1.29, 1.82) is 0 Å². The van der Waals surface area contributed by atoms with Crippen molar-refractivity contribution in [1.82, 2.24) is 4.98 Å². The molecule has 0 fully saturated rings. The van der Waals surface area contributed by atoms with Crippen molar-refractivity contribution in [2.75, 3.05) is 0 Å². The first-order valence-corrected chi connectivity index (χ1v) is 10.5. The molecule has 1 heterocycles. The zero-order chi connectivity index (χ0) is 17.5. The topological polar surface area (TPSA) is 56.3 Å². The lowest BCUT2D eigenvalue weighted by atomic mass is 10.2. The van der Waals surface area contributed by atoms with Gasteiger partial charge in [0, 0.05) is 20.5 Å². The van der Waals surface area contributed by atoms with Gasteiger partial charge in [0.1, 0.15) is 10.4 Å². The predicted octanol–water partition coefficient (Wildman–Crippen LogP) is 5.60. The zero-order valence-electron chi connectivity index (χ0n) is 12.3. The number of aromatic nitrogens is 1. The molecule has 0 aliphatic heterocycles. The maximum Gasteiger partial charge on any atom is 0.339 e. The number of hydrogen-bond donors (Lipinski definition) is 0. The minimum absolute atomic E-state index is 0.107. The Morgan fingerprint density at radius 3 is 2.54 bits per heavy atom. The number of rotatable bonds is 3. The summed E-state index contributed by atoms with van der Waals surface area (Å²) in [6.45, 7) is 1.72. The van der Waals surface area contributed by atoms with Gasteiger partial charge in [-0.25, -0.2) is 0 Å². The maximum atomic E-state index is 12.8. The maximum absolute atomic E-state index is 12.8. The summed E-state index contributed by atoms with van der Waals surface area (Å²) in [5.41, 5.74) is 1.05. The molecular weight excluding hydrogens is 526 g/mol. The summed E-state index contributed by atoms with van der Waals surface area (Å²) in [5, 5.41) is 0.761. The first kappa shape index (κ1) is 17.8. The fourth-order valence-electron chi connectivity index (χ4n) is 2.22. The summed E-state index contributed by atoms with van der Waals surface area (Å²) in [4.78, 5) is 4.37. The van der Waals surface area contributed by atoms with E-state index in [9.17, 15) is 8.42 Å². The van der Waals surface area contributed by atoms with Crippen molar-refractivity contribution in [2.24, 2.45) is 0 Å². The molecule has 3 aromatic rings. The quantitative estimate of drug-likeness (QED) is 0.410. The minimum atomic E-state index is -4.01. The molecule has 0 aliphatic carbocycles. The number of hydrogen-bond acceptors (Lipinski definition) is 4. The molecule has 3 rings (SSSR count). The molecular formula is C16H10Br3NO3S. The van der Waals surface area contributed by atoms with Gasteiger partial charge >= 0.3 is 10.1 Å². The van der Waals surface area contributed by atoms with Crippen LogP contribution in [0.1, 0.15) is 5.56 Å². The fraction of sp³-hybridized carbons (Fsp3) is 0.0625. The van der Waals surface area contributed by atoms with Gasteiger partial charge in [-0.2, -0.15) is 8.42 Å². The van der Waals surface area contributed by atoms with Crippen molar-refractivity contribution in [3.8, 4) is 5.75 Å². The summed E-state index contributed by atoms with van der Waals surface area (Å²) in [6, 6.07) is 10.4. The largest absolute Gasteiger partial charge is 0.375 e. The van der Waals surface area contributed by atoms with Crippen molar-refractivity contribution in [2.45, 2.75) is 11.8 Å². The summed E-state index contributed by atoms with van der Waals surface area (Å²) < 4.78 is 32.9. The van der Waals surface area contributed by atoms with Crippen LogP contribution in [0.15, 0.2) is 60.9 Å². The molecule has 0 amide bonds. The monoisotopic (exact) mass is 533 g/mol. The molecule has 4 nitrogen and oxygen atoms in total. The van der Waals surface area contributed by atoms with E-state index >= 15 is 0 Å². The first-order chi connectivity index (χ1) is 11.3. The van der Waals surface area contributed by atoms with Gasteiger partial charge in [0.2, 0.25) is 0 Å². The number of halogens is 3. The molecule has 0 aliphatic rings. The van der Waals surface area contributed by atoms with Gasteiger partial charge in [-0.3, -0.25) is 4.98 Å². The molecule has 8 heteroatoms. The lowest BCUT2D eigenvalue weighted by Crippen LogP contribution is -2.12. The molecule has 2 aromatic carbocycles. The van der Waals surface area contributed by atoms with Crippen LogP contribution in [0.2, 0.25) is 0 Å². The molecule has 0 spiro atoms. The summed E-state index contributed by atoms with van der Waals surface area (Å²) in [7, 11) is -4.01. The van der Waals surface area contributed by atoms with E-state index in [0.717, 1.165) is 9.86 Å². The SMILES string of the molecule is Cc1ccc(Br)cc1S(=O)(=O)Oc1c(Br)cc(Br)c2cccnc12. The van der Waals surface area contributed by atoms with Gasteiger partial charge in [0.15, 0.2) is 5.75 Å². The lowest BCUT2D eigenvalue weighted by molar-refractivity contribution is 0.486. The number of fused-ring (bicyclic) bond motifs is 1. The van der Waals surface area contributed by atoms with Crippen molar-refractivity contribution in [3.05, 3.63) is 61.6 Å². The number of nitrogens with zero attached hydrogens (tertiary/aromatic N) is 1. The normalized spacial score (nSPS) is 11.7. The van der Waals surface area contributed by atoms with Crippen molar-refractivity contribution >= 4 is 68.8 Å². The van der Waals surface area contributed by atoms with Gasteiger partial charge < -0.3 is 4.18 Å². The predicted molar refractivity (Wildman–Crippen MR) is 104 cm³/mol. The van der Waals surface area contributed by atoms with E-state index in [1.807, 2.05) is 6.07 Å². The van der Waals surface area contributed by atoms with E-state index in [1.54, 1.807) is 37.4 Å².